The minimum atomic E-state index is -0.326. The molecule has 1 atom stereocenters. The molecule has 1 unspecified atom stereocenters. The molecular weight excluding hydrogens is 270 g/mol. The van der Waals surface area contributed by atoms with Gasteiger partial charge in [-0.25, -0.2) is 4.98 Å². The predicted molar refractivity (Wildman–Crippen MR) is 81.3 cm³/mol. The van der Waals surface area contributed by atoms with Gasteiger partial charge in [-0.2, -0.15) is 0 Å². The molecule has 2 aromatic rings. The number of hydrogen-bond acceptors (Lipinski definition) is 4. The Morgan fingerprint density at radius 3 is 2.85 bits per heavy atom. The SMILES string of the molecule is CCC(C)(C(=O)Cc1cn2ccsc2n1)N1CCCC1. The maximum atomic E-state index is 12.8. The van der Waals surface area contributed by atoms with Crippen LogP contribution in [0.15, 0.2) is 17.8 Å². The first-order chi connectivity index (χ1) is 9.63. The van der Waals surface area contributed by atoms with Crippen LogP contribution < -0.4 is 0 Å². The summed E-state index contributed by atoms with van der Waals surface area (Å²) in [5.41, 5.74) is 0.564. The second-order valence-electron chi connectivity index (χ2n) is 5.75. The zero-order valence-corrected chi connectivity index (χ0v) is 12.9. The Hall–Kier alpha value is -1.20. The molecule has 20 heavy (non-hydrogen) atoms. The molecule has 3 rings (SSSR count). The molecule has 0 aliphatic carbocycles. The minimum absolute atomic E-state index is 0.299. The molecule has 3 heterocycles. The average Bonchev–Trinajstić information content (AvgIpc) is 3.13. The third-order valence-corrected chi connectivity index (χ3v) is 5.35. The van der Waals surface area contributed by atoms with Crippen molar-refractivity contribution in [2.45, 2.75) is 45.1 Å². The van der Waals surface area contributed by atoms with E-state index in [4.69, 9.17) is 0 Å². The second-order valence-corrected chi connectivity index (χ2v) is 6.62. The first kappa shape index (κ1) is 13.8. The fourth-order valence-corrected chi connectivity index (χ4v) is 3.74. The van der Waals surface area contributed by atoms with E-state index in [-0.39, 0.29) is 5.54 Å². The van der Waals surface area contributed by atoms with Gasteiger partial charge in [0, 0.05) is 17.8 Å². The van der Waals surface area contributed by atoms with Crippen molar-refractivity contribution in [3.8, 4) is 0 Å². The molecule has 1 saturated heterocycles. The molecular formula is C15H21N3OS. The average molecular weight is 291 g/mol. The maximum absolute atomic E-state index is 12.8. The van der Waals surface area contributed by atoms with Crippen LogP contribution in [0.1, 0.15) is 38.8 Å². The Kier molecular flexibility index (Phi) is 3.65. The largest absolute Gasteiger partial charge is 0.297 e. The van der Waals surface area contributed by atoms with E-state index in [1.807, 2.05) is 22.2 Å². The highest BCUT2D eigenvalue weighted by molar-refractivity contribution is 7.15. The summed E-state index contributed by atoms with van der Waals surface area (Å²) in [5.74, 6) is 0.299. The van der Waals surface area contributed by atoms with Crippen LogP contribution in [-0.2, 0) is 11.2 Å². The van der Waals surface area contributed by atoms with E-state index < -0.39 is 0 Å². The van der Waals surface area contributed by atoms with Crippen LogP contribution in [0.5, 0.6) is 0 Å². The van der Waals surface area contributed by atoms with Crippen molar-refractivity contribution in [3.05, 3.63) is 23.5 Å². The van der Waals surface area contributed by atoms with E-state index in [1.165, 1.54) is 12.8 Å². The molecule has 0 amide bonds. The highest BCUT2D eigenvalue weighted by atomic mass is 32.1. The number of ketones is 1. The van der Waals surface area contributed by atoms with Gasteiger partial charge in [0.25, 0.3) is 0 Å². The lowest BCUT2D eigenvalue weighted by molar-refractivity contribution is -0.129. The molecule has 0 aromatic carbocycles. The summed E-state index contributed by atoms with van der Waals surface area (Å²) in [6.07, 6.45) is 7.69. The number of rotatable bonds is 5. The molecule has 4 nitrogen and oxygen atoms in total. The topological polar surface area (TPSA) is 37.6 Å². The molecule has 0 spiro atoms. The number of imidazole rings is 1. The number of carbonyl (C=O) groups excluding carboxylic acids is 1. The molecule has 1 fully saturated rings. The molecule has 2 aromatic heterocycles. The van der Waals surface area contributed by atoms with Gasteiger partial charge in [0.05, 0.1) is 17.7 Å². The Balaban J connectivity index is 1.78. The number of hydrogen-bond donors (Lipinski definition) is 0. The van der Waals surface area contributed by atoms with Crippen molar-refractivity contribution in [1.82, 2.24) is 14.3 Å². The Morgan fingerprint density at radius 2 is 2.20 bits per heavy atom. The van der Waals surface area contributed by atoms with Crippen molar-refractivity contribution < 1.29 is 4.79 Å². The number of aromatic nitrogens is 2. The summed E-state index contributed by atoms with van der Waals surface area (Å²) < 4.78 is 1.99. The number of nitrogens with zero attached hydrogens (tertiary/aromatic N) is 3. The molecule has 1 aliphatic rings. The van der Waals surface area contributed by atoms with E-state index in [2.05, 4.69) is 23.7 Å². The van der Waals surface area contributed by atoms with E-state index >= 15 is 0 Å². The molecule has 5 heteroatoms. The van der Waals surface area contributed by atoms with Gasteiger partial charge in [0.2, 0.25) is 0 Å². The Bertz CT molecular complexity index is 583. The van der Waals surface area contributed by atoms with E-state index in [0.29, 0.717) is 12.2 Å². The second kappa shape index (κ2) is 5.30. The molecule has 1 aliphatic heterocycles. The quantitative estimate of drug-likeness (QED) is 0.850. The number of fused-ring (bicyclic) bond motifs is 1. The maximum Gasteiger partial charge on any atom is 0.193 e. The van der Waals surface area contributed by atoms with E-state index in [0.717, 1.165) is 30.2 Å². The summed E-state index contributed by atoms with van der Waals surface area (Å²) in [6.45, 7) is 6.31. The van der Waals surface area contributed by atoms with Gasteiger partial charge in [-0.1, -0.05) is 6.92 Å². The Morgan fingerprint density at radius 1 is 1.45 bits per heavy atom. The van der Waals surface area contributed by atoms with Gasteiger partial charge < -0.3 is 0 Å². The van der Waals surface area contributed by atoms with Crippen molar-refractivity contribution in [1.29, 1.82) is 0 Å². The van der Waals surface area contributed by atoms with Gasteiger partial charge in [-0.15, -0.1) is 11.3 Å². The summed E-state index contributed by atoms with van der Waals surface area (Å²) in [4.78, 5) is 20.6. The lowest BCUT2D eigenvalue weighted by Gasteiger charge is -2.36. The van der Waals surface area contributed by atoms with Crippen molar-refractivity contribution in [3.63, 3.8) is 0 Å². The first-order valence-electron chi connectivity index (χ1n) is 7.33. The van der Waals surface area contributed by atoms with Gasteiger partial charge in [-0.3, -0.25) is 14.1 Å². The normalized spacial score (nSPS) is 19.5. The highest BCUT2D eigenvalue weighted by Crippen LogP contribution is 2.27. The van der Waals surface area contributed by atoms with E-state index in [9.17, 15) is 4.79 Å². The zero-order chi connectivity index (χ0) is 14.2. The van der Waals surface area contributed by atoms with Crippen LogP contribution >= 0.6 is 11.3 Å². The van der Waals surface area contributed by atoms with Crippen molar-refractivity contribution in [2.75, 3.05) is 13.1 Å². The summed E-state index contributed by atoms with van der Waals surface area (Å²) in [5, 5.41) is 2.01. The summed E-state index contributed by atoms with van der Waals surface area (Å²) in [7, 11) is 0. The van der Waals surface area contributed by atoms with Gasteiger partial charge >= 0.3 is 0 Å². The molecule has 0 saturated carbocycles. The fraction of sp³-hybridized carbons (Fsp3) is 0.600. The molecule has 0 N–H and O–H groups in total. The molecule has 108 valence electrons. The predicted octanol–water partition coefficient (Wildman–Crippen LogP) is 2.77. The number of likely N-dealkylation sites (tertiary alicyclic amines) is 1. The smallest absolute Gasteiger partial charge is 0.193 e. The first-order valence-corrected chi connectivity index (χ1v) is 8.21. The van der Waals surface area contributed by atoms with Crippen LogP contribution in [0.25, 0.3) is 4.96 Å². The standard InChI is InChI=1S/C15H21N3OS/c1-3-15(2,18-6-4-5-7-18)13(19)10-12-11-17-8-9-20-14(17)16-12/h8-9,11H,3-7,10H2,1-2H3. The minimum Gasteiger partial charge on any atom is -0.297 e. The van der Waals surface area contributed by atoms with Gasteiger partial charge in [-0.05, 0) is 39.3 Å². The van der Waals surface area contributed by atoms with Crippen molar-refractivity contribution in [2.24, 2.45) is 0 Å². The third kappa shape index (κ3) is 2.29. The van der Waals surface area contributed by atoms with Crippen LogP contribution in [0.4, 0.5) is 0 Å². The molecule has 0 radical (unpaired) electrons. The lowest BCUT2D eigenvalue weighted by atomic mass is 9.88. The highest BCUT2D eigenvalue weighted by Gasteiger charge is 2.38. The molecule has 0 bridgehead atoms. The number of thiazole rings is 1. The monoisotopic (exact) mass is 291 g/mol. The third-order valence-electron chi connectivity index (χ3n) is 4.58. The van der Waals surface area contributed by atoms with Gasteiger partial charge in [0.1, 0.15) is 0 Å². The summed E-state index contributed by atoms with van der Waals surface area (Å²) in [6, 6.07) is 0. The zero-order valence-electron chi connectivity index (χ0n) is 12.1. The number of carbonyl (C=O) groups is 1. The number of Topliss-reactive ketones (excluding diaryl/α,β-unsaturated/α-hetero) is 1. The fourth-order valence-electron chi connectivity index (χ4n) is 3.02. The lowest BCUT2D eigenvalue weighted by Crippen LogP contribution is -2.51. The van der Waals surface area contributed by atoms with E-state index in [1.54, 1.807) is 11.3 Å². The van der Waals surface area contributed by atoms with Crippen LogP contribution in [-0.4, -0.2) is 38.7 Å². The van der Waals surface area contributed by atoms with Crippen LogP contribution in [0.2, 0.25) is 0 Å². The summed E-state index contributed by atoms with van der Waals surface area (Å²) >= 11 is 1.60. The van der Waals surface area contributed by atoms with Crippen LogP contribution in [0.3, 0.4) is 0 Å². The Labute approximate surface area is 123 Å². The van der Waals surface area contributed by atoms with Gasteiger partial charge in [0.15, 0.2) is 10.7 Å². The van der Waals surface area contributed by atoms with Crippen LogP contribution in [0, 0.1) is 0 Å². The van der Waals surface area contributed by atoms with Crippen molar-refractivity contribution >= 4 is 22.1 Å².